The first-order valence-corrected chi connectivity index (χ1v) is 8.26. The molecular formula is C16H34NO5+. The number of hydrogen-bond donors (Lipinski definition) is 3. The number of carboxylic acid groups (broad SMARTS) is 2. The number of quaternary nitrogens is 1. The Morgan fingerprint density at radius 2 is 1.14 bits per heavy atom. The standard InChI is InChI=1S/C12H28N.C4H6O5/c1-5-9-13(10-6-2,11-7-3)12-8-4;5-2(4(8)9)1-3(6)7/h5-12H2,1-4H3;2,5H,1H2,(H,6,7)(H,8,9)/q+1;. The highest BCUT2D eigenvalue weighted by Crippen LogP contribution is 2.12. The van der Waals surface area contributed by atoms with Crippen LogP contribution in [0.3, 0.4) is 0 Å². The molecular weight excluding hydrogens is 286 g/mol. The van der Waals surface area contributed by atoms with E-state index in [-0.39, 0.29) is 0 Å². The molecule has 0 aromatic heterocycles. The van der Waals surface area contributed by atoms with Gasteiger partial charge in [-0.1, -0.05) is 27.7 Å². The van der Waals surface area contributed by atoms with E-state index in [1.807, 2.05) is 0 Å². The van der Waals surface area contributed by atoms with Crippen LogP contribution in [0.15, 0.2) is 0 Å². The lowest BCUT2D eigenvalue weighted by molar-refractivity contribution is -0.928. The van der Waals surface area contributed by atoms with E-state index in [1.54, 1.807) is 0 Å². The second-order valence-corrected chi connectivity index (χ2v) is 5.69. The Kier molecular flexibility index (Phi) is 14.2. The van der Waals surface area contributed by atoms with E-state index >= 15 is 0 Å². The Balaban J connectivity index is 0. The van der Waals surface area contributed by atoms with Crippen LogP contribution in [0, 0.1) is 0 Å². The highest BCUT2D eigenvalue weighted by Gasteiger charge is 2.22. The van der Waals surface area contributed by atoms with Gasteiger partial charge < -0.3 is 19.8 Å². The minimum absolute atomic E-state index is 0.755. The number of aliphatic carboxylic acids is 2. The van der Waals surface area contributed by atoms with Crippen molar-refractivity contribution >= 4 is 11.9 Å². The first-order valence-electron chi connectivity index (χ1n) is 8.26. The lowest BCUT2D eigenvalue weighted by atomic mass is 10.2. The average molecular weight is 320 g/mol. The summed E-state index contributed by atoms with van der Waals surface area (Å²) >= 11 is 0. The normalized spacial score (nSPS) is 12.2. The van der Waals surface area contributed by atoms with Crippen molar-refractivity contribution < 1.29 is 29.4 Å². The van der Waals surface area contributed by atoms with Gasteiger partial charge in [-0.25, -0.2) is 4.79 Å². The van der Waals surface area contributed by atoms with Crippen molar-refractivity contribution in [1.29, 1.82) is 0 Å². The molecule has 0 rings (SSSR count). The molecule has 0 fully saturated rings. The molecule has 0 amide bonds. The Morgan fingerprint density at radius 3 is 1.27 bits per heavy atom. The molecule has 0 aromatic rings. The fourth-order valence-electron chi connectivity index (χ4n) is 2.82. The van der Waals surface area contributed by atoms with Crippen LogP contribution >= 0.6 is 0 Å². The molecule has 1 atom stereocenters. The van der Waals surface area contributed by atoms with Gasteiger partial charge in [0.25, 0.3) is 0 Å². The predicted molar refractivity (Wildman–Crippen MR) is 86.8 cm³/mol. The minimum atomic E-state index is -1.79. The maximum Gasteiger partial charge on any atom is 0.333 e. The van der Waals surface area contributed by atoms with Gasteiger partial charge >= 0.3 is 11.9 Å². The van der Waals surface area contributed by atoms with Crippen LogP contribution in [0.5, 0.6) is 0 Å². The van der Waals surface area contributed by atoms with E-state index in [0.29, 0.717) is 0 Å². The maximum atomic E-state index is 9.72. The summed E-state index contributed by atoms with van der Waals surface area (Å²) in [6, 6.07) is 0. The van der Waals surface area contributed by atoms with Crippen LogP contribution in [0.1, 0.15) is 59.8 Å². The molecule has 1 unspecified atom stereocenters. The van der Waals surface area contributed by atoms with Crippen molar-refractivity contribution in [3.8, 4) is 0 Å². The molecule has 0 aromatic carbocycles. The van der Waals surface area contributed by atoms with Crippen molar-refractivity contribution in [2.75, 3.05) is 26.2 Å². The number of nitrogens with zero attached hydrogens (tertiary/aromatic N) is 1. The summed E-state index contributed by atoms with van der Waals surface area (Å²) in [5.74, 6) is -2.85. The van der Waals surface area contributed by atoms with Crippen molar-refractivity contribution in [2.45, 2.75) is 65.9 Å². The zero-order valence-electron chi connectivity index (χ0n) is 14.5. The summed E-state index contributed by atoms with van der Waals surface area (Å²) in [7, 11) is 0. The van der Waals surface area contributed by atoms with Gasteiger partial charge in [0.05, 0.1) is 32.6 Å². The molecule has 0 aliphatic rings. The molecule has 0 heterocycles. The topological polar surface area (TPSA) is 94.8 Å². The van der Waals surface area contributed by atoms with Crippen molar-refractivity contribution in [2.24, 2.45) is 0 Å². The number of aliphatic hydroxyl groups excluding tert-OH is 1. The minimum Gasteiger partial charge on any atom is -0.481 e. The molecule has 22 heavy (non-hydrogen) atoms. The van der Waals surface area contributed by atoms with Gasteiger partial charge in [-0.15, -0.1) is 0 Å². The average Bonchev–Trinajstić information content (AvgIpc) is 2.39. The monoisotopic (exact) mass is 320 g/mol. The van der Waals surface area contributed by atoms with E-state index in [2.05, 4.69) is 27.7 Å². The van der Waals surface area contributed by atoms with Crippen molar-refractivity contribution in [1.82, 2.24) is 0 Å². The number of carboxylic acids is 2. The Morgan fingerprint density at radius 1 is 0.818 bits per heavy atom. The molecule has 0 saturated carbocycles. The zero-order chi connectivity index (χ0) is 17.6. The molecule has 0 radical (unpaired) electrons. The summed E-state index contributed by atoms with van der Waals surface area (Å²) in [5.41, 5.74) is 0. The van der Waals surface area contributed by atoms with E-state index in [0.717, 1.165) is 0 Å². The molecule has 3 N–H and O–H groups in total. The molecule has 0 bridgehead atoms. The predicted octanol–water partition coefficient (Wildman–Crippen LogP) is 2.35. The van der Waals surface area contributed by atoms with Gasteiger partial charge in [-0.3, -0.25) is 4.79 Å². The largest absolute Gasteiger partial charge is 0.481 e. The fraction of sp³-hybridized carbons (Fsp3) is 0.875. The van der Waals surface area contributed by atoms with Crippen LogP contribution in [-0.2, 0) is 9.59 Å². The van der Waals surface area contributed by atoms with Gasteiger partial charge in [0, 0.05) is 0 Å². The molecule has 6 heteroatoms. The number of aliphatic hydroxyl groups is 1. The summed E-state index contributed by atoms with van der Waals surface area (Å²) in [6.07, 6.45) is 2.79. The van der Waals surface area contributed by atoms with Gasteiger partial charge in [0.15, 0.2) is 6.10 Å². The number of carbonyl (C=O) groups is 2. The van der Waals surface area contributed by atoms with E-state index in [9.17, 15) is 9.59 Å². The lowest BCUT2D eigenvalue weighted by Gasteiger charge is -2.38. The Hall–Kier alpha value is -1.14. The first kappa shape index (κ1) is 23.1. The third-order valence-electron chi connectivity index (χ3n) is 3.44. The maximum absolute atomic E-state index is 9.72. The number of rotatable bonds is 11. The van der Waals surface area contributed by atoms with Crippen LogP contribution < -0.4 is 0 Å². The quantitative estimate of drug-likeness (QED) is 0.508. The lowest BCUT2D eigenvalue weighted by Crippen LogP contribution is -2.50. The van der Waals surface area contributed by atoms with Crippen LogP contribution in [-0.4, -0.2) is 64.0 Å². The van der Waals surface area contributed by atoms with Crippen molar-refractivity contribution in [3.05, 3.63) is 0 Å². The van der Waals surface area contributed by atoms with E-state index in [4.69, 9.17) is 15.3 Å². The second kappa shape index (κ2) is 13.5. The number of hydrogen-bond acceptors (Lipinski definition) is 3. The van der Waals surface area contributed by atoms with E-state index < -0.39 is 24.5 Å². The summed E-state index contributed by atoms with van der Waals surface area (Å²) in [4.78, 5) is 19.4. The van der Waals surface area contributed by atoms with Gasteiger partial charge in [0.1, 0.15) is 0 Å². The Bertz CT molecular complexity index is 277. The third-order valence-corrected chi connectivity index (χ3v) is 3.44. The zero-order valence-corrected chi connectivity index (χ0v) is 14.5. The molecule has 0 saturated heterocycles. The second-order valence-electron chi connectivity index (χ2n) is 5.69. The third kappa shape index (κ3) is 11.5. The Labute approximate surface area is 134 Å². The fourth-order valence-corrected chi connectivity index (χ4v) is 2.82. The van der Waals surface area contributed by atoms with Crippen LogP contribution in [0.25, 0.3) is 0 Å². The molecule has 132 valence electrons. The van der Waals surface area contributed by atoms with Gasteiger partial charge in [-0.2, -0.15) is 0 Å². The summed E-state index contributed by atoms with van der Waals surface area (Å²) in [6.45, 7) is 14.8. The molecule has 6 nitrogen and oxygen atoms in total. The summed E-state index contributed by atoms with van der Waals surface area (Å²) < 4.78 is 1.38. The highest BCUT2D eigenvalue weighted by molar-refractivity contribution is 5.79. The van der Waals surface area contributed by atoms with Crippen LogP contribution in [0.4, 0.5) is 0 Å². The summed E-state index contributed by atoms with van der Waals surface area (Å²) in [5, 5.41) is 24.1. The molecule has 0 spiro atoms. The van der Waals surface area contributed by atoms with E-state index in [1.165, 1.54) is 56.3 Å². The smallest absolute Gasteiger partial charge is 0.333 e. The van der Waals surface area contributed by atoms with Gasteiger partial charge in [0.2, 0.25) is 0 Å². The van der Waals surface area contributed by atoms with Gasteiger partial charge in [-0.05, 0) is 25.7 Å². The van der Waals surface area contributed by atoms with Crippen LogP contribution in [0.2, 0.25) is 0 Å². The molecule has 0 aliphatic carbocycles. The molecule has 0 aliphatic heterocycles. The first-order chi connectivity index (χ1) is 10.3. The highest BCUT2D eigenvalue weighted by atomic mass is 16.4. The SMILES string of the molecule is CCC[N+](CCC)(CCC)CCC.O=C(O)CC(O)C(=O)O. The van der Waals surface area contributed by atoms with Crippen molar-refractivity contribution in [3.63, 3.8) is 0 Å².